The summed E-state index contributed by atoms with van der Waals surface area (Å²) in [6, 6.07) is 5.20. The van der Waals surface area contributed by atoms with Crippen LogP contribution in [0.3, 0.4) is 0 Å². The number of carbonyl (C=O) groups excluding carboxylic acids is 1. The first-order valence-corrected chi connectivity index (χ1v) is 9.45. The molecule has 2 heterocycles. The first kappa shape index (κ1) is 18.5. The highest BCUT2D eigenvalue weighted by molar-refractivity contribution is 7.99. The maximum Gasteiger partial charge on any atom is 0.416 e. The van der Waals surface area contributed by atoms with Gasteiger partial charge in [-0.05, 0) is 17.7 Å². The van der Waals surface area contributed by atoms with Gasteiger partial charge in [-0.25, -0.2) is 0 Å². The Hall–Kier alpha value is -1.25. The zero-order chi connectivity index (χ0) is 17.9. The summed E-state index contributed by atoms with van der Waals surface area (Å²) >= 11 is 1.84. The minimum Gasteiger partial charge on any atom is -0.366 e. The van der Waals surface area contributed by atoms with E-state index in [1.54, 1.807) is 0 Å². The number of nitrogens with zero attached hydrogens (tertiary/aromatic N) is 2. The van der Waals surface area contributed by atoms with E-state index in [1.165, 1.54) is 12.1 Å². The Morgan fingerprint density at radius 3 is 2.48 bits per heavy atom. The highest BCUT2D eigenvalue weighted by Gasteiger charge is 2.32. The molecule has 4 nitrogen and oxygen atoms in total. The van der Waals surface area contributed by atoms with Gasteiger partial charge in [-0.15, -0.1) is 0 Å². The highest BCUT2D eigenvalue weighted by Crippen LogP contribution is 2.29. The maximum absolute atomic E-state index is 12.6. The summed E-state index contributed by atoms with van der Waals surface area (Å²) in [5.74, 6) is 1.93. The van der Waals surface area contributed by atoms with E-state index in [-0.39, 0.29) is 5.91 Å². The Morgan fingerprint density at radius 2 is 1.84 bits per heavy atom. The van der Waals surface area contributed by atoms with Crippen molar-refractivity contribution in [1.29, 1.82) is 0 Å². The maximum atomic E-state index is 12.6. The Kier molecular flexibility index (Phi) is 5.91. The Balaban J connectivity index is 1.57. The summed E-state index contributed by atoms with van der Waals surface area (Å²) in [7, 11) is 0. The Morgan fingerprint density at radius 1 is 1.16 bits per heavy atom. The monoisotopic (exact) mass is 374 g/mol. The SMILES string of the molecule is O=C(C1CN(Cc2ccc(C(F)(F)F)cc2)CCO1)N1CCSCC1. The van der Waals surface area contributed by atoms with Crippen molar-refractivity contribution in [3.8, 4) is 0 Å². The second-order valence-electron chi connectivity index (χ2n) is 6.23. The van der Waals surface area contributed by atoms with E-state index in [0.717, 1.165) is 42.3 Å². The summed E-state index contributed by atoms with van der Waals surface area (Å²) in [5.41, 5.74) is 0.157. The largest absolute Gasteiger partial charge is 0.416 e. The van der Waals surface area contributed by atoms with Gasteiger partial charge in [0.25, 0.3) is 5.91 Å². The average Bonchev–Trinajstić information content (AvgIpc) is 2.62. The van der Waals surface area contributed by atoms with Crippen LogP contribution in [0.25, 0.3) is 0 Å². The fourth-order valence-electron chi connectivity index (χ4n) is 3.04. The number of morpholine rings is 1. The lowest BCUT2D eigenvalue weighted by Crippen LogP contribution is -2.52. The standard InChI is InChI=1S/C17H21F3N2O2S/c18-17(19,20)14-3-1-13(2-4-14)11-21-5-8-24-15(12-21)16(23)22-6-9-25-10-7-22/h1-4,15H,5-12H2. The van der Waals surface area contributed by atoms with E-state index in [1.807, 2.05) is 16.7 Å². The molecule has 0 aliphatic carbocycles. The van der Waals surface area contributed by atoms with Crippen LogP contribution in [0.4, 0.5) is 13.2 Å². The van der Waals surface area contributed by atoms with E-state index in [9.17, 15) is 18.0 Å². The fraction of sp³-hybridized carbons (Fsp3) is 0.588. The lowest BCUT2D eigenvalue weighted by Gasteiger charge is -2.36. The van der Waals surface area contributed by atoms with Gasteiger partial charge in [-0.1, -0.05) is 12.1 Å². The van der Waals surface area contributed by atoms with Gasteiger partial charge >= 0.3 is 6.18 Å². The van der Waals surface area contributed by atoms with Crippen LogP contribution >= 0.6 is 11.8 Å². The van der Waals surface area contributed by atoms with Crippen molar-refractivity contribution < 1.29 is 22.7 Å². The van der Waals surface area contributed by atoms with Crippen molar-refractivity contribution in [3.63, 3.8) is 0 Å². The number of thioether (sulfide) groups is 1. The van der Waals surface area contributed by atoms with Crippen LogP contribution in [0.2, 0.25) is 0 Å². The van der Waals surface area contributed by atoms with Crippen molar-refractivity contribution in [1.82, 2.24) is 9.80 Å². The minimum absolute atomic E-state index is 0.0254. The number of hydrogen-bond acceptors (Lipinski definition) is 4. The molecule has 25 heavy (non-hydrogen) atoms. The number of amides is 1. The summed E-state index contributed by atoms with van der Waals surface area (Å²) in [6.45, 7) is 3.62. The van der Waals surface area contributed by atoms with Crippen LogP contribution in [0.1, 0.15) is 11.1 Å². The lowest BCUT2D eigenvalue weighted by molar-refractivity contribution is -0.149. The molecule has 0 spiro atoms. The lowest BCUT2D eigenvalue weighted by atomic mass is 10.1. The third-order valence-electron chi connectivity index (χ3n) is 4.44. The Bertz CT molecular complexity index is 589. The van der Waals surface area contributed by atoms with E-state index in [0.29, 0.717) is 26.2 Å². The molecule has 1 amide bonds. The van der Waals surface area contributed by atoms with Crippen molar-refractivity contribution in [3.05, 3.63) is 35.4 Å². The number of alkyl halides is 3. The molecule has 0 bridgehead atoms. The number of halogens is 3. The van der Waals surface area contributed by atoms with E-state index in [4.69, 9.17) is 4.74 Å². The first-order chi connectivity index (χ1) is 11.9. The molecule has 0 aromatic heterocycles. The summed E-state index contributed by atoms with van der Waals surface area (Å²) in [6.07, 6.45) is -4.80. The molecule has 3 rings (SSSR count). The smallest absolute Gasteiger partial charge is 0.366 e. The van der Waals surface area contributed by atoms with Gasteiger partial charge in [0, 0.05) is 44.2 Å². The molecule has 2 saturated heterocycles. The second-order valence-corrected chi connectivity index (χ2v) is 7.45. The third kappa shape index (κ3) is 4.89. The predicted molar refractivity (Wildman–Crippen MR) is 90.4 cm³/mol. The van der Waals surface area contributed by atoms with Crippen molar-refractivity contribution >= 4 is 17.7 Å². The second kappa shape index (κ2) is 7.97. The van der Waals surface area contributed by atoms with Crippen LogP contribution in [-0.4, -0.2) is 66.1 Å². The normalized spacial score (nSPS) is 22.8. The zero-order valence-corrected chi connectivity index (χ0v) is 14.6. The molecule has 1 aromatic carbocycles. The van der Waals surface area contributed by atoms with E-state index in [2.05, 4.69) is 4.90 Å². The van der Waals surface area contributed by atoms with Gasteiger partial charge in [-0.3, -0.25) is 9.69 Å². The molecule has 0 saturated carbocycles. The van der Waals surface area contributed by atoms with Crippen molar-refractivity contribution in [2.75, 3.05) is 44.3 Å². The number of ether oxygens (including phenoxy) is 1. The van der Waals surface area contributed by atoms with Crippen LogP contribution in [0, 0.1) is 0 Å². The molecule has 2 aliphatic heterocycles. The van der Waals surface area contributed by atoms with Crippen molar-refractivity contribution in [2.24, 2.45) is 0 Å². The quantitative estimate of drug-likeness (QED) is 0.814. The highest BCUT2D eigenvalue weighted by atomic mass is 32.2. The molecule has 1 atom stereocenters. The predicted octanol–water partition coefficient (Wildman–Crippen LogP) is 2.48. The summed E-state index contributed by atoms with van der Waals surface area (Å²) < 4.78 is 43.5. The fourth-order valence-corrected chi connectivity index (χ4v) is 3.94. The van der Waals surface area contributed by atoms with E-state index < -0.39 is 17.8 Å². The number of carbonyl (C=O) groups is 1. The molecule has 1 aromatic rings. The Labute approximate surface area is 149 Å². The van der Waals surface area contributed by atoms with E-state index >= 15 is 0 Å². The first-order valence-electron chi connectivity index (χ1n) is 8.30. The molecule has 0 N–H and O–H groups in total. The van der Waals surface area contributed by atoms with Crippen LogP contribution in [0.5, 0.6) is 0 Å². The molecule has 0 radical (unpaired) electrons. The molecule has 2 fully saturated rings. The topological polar surface area (TPSA) is 32.8 Å². The van der Waals surface area contributed by atoms with Crippen LogP contribution in [-0.2, 0) is 22.3 Å². The molecular weight excluding hydrogens is 353 g/mol. The number of rotatable bonds is 3. The molecule has 1 unspecified atom stereocenters. The third-order valence-corrected chi connectivity index (χ3v) is 5.38. The van der Waals surface area contributed by atoms with Crippen LogP contribution in [0.15, 0.2) is 24.3 Å². The van der Waals surface area contributed by atoms with Crippen molar-refractivity contribution in [2.45, 2.75) is 18.8 Å². The number of hydrogen-bond donors (Lipinski definition) is 0. The molecule has 2 aliphatic rings. The number of benzene rings is 1. The van der Waals surface area contributed by atoms with Gasteiger partial charge in [-0.2, -0.15) is 24.9 Å². The van der Waals surface area contributed by atoms with Gasteiger partial charge in [0.1, 0.15) is 6.10 Å². The summed E-state index contributed by atoms with van der Waals surface area (Å²) in [5, 5.41) is 0. The van der Waals surface area contributed by atoms with Gasteiger partial charge < -0.3 is 9.64 Å². The van der Waals surface area contributed by atoms with Gasteiger partial charge in [0.05, 0.1) is 12.2 Å². The average molecular weight is 374 g/mol. The van der Waals surface area contributed by atoms with Crippen LogP contribution < -0.4 is 0 Å². The molecule has 8 heteroatoms. The zero-order valence-electron chi connectivity index (χ0n) is 13.8. The summed E-state index contributed by atoms with van der Waals surface area (Å²) in [4.78, 5) is 16.5. The van der Waals surface area contributed by atoms with Gasteiger partial charge in [0.15, 0.2) is 0 Å². The molecular formula is C17H21F3N2O2S. The minimum atomic E-state index is -4.32. The van der Waals surface area contributed by atoms with Gasteiger partial charge in [0.2, 0.25) is 0 Å². The molecule has 138 valence electrons.